The number of phenols is 1. The molecule has 2 aromatic rings. The summed E-state index contributed by atoms with van der Waals surface area (Å²) in [6.07, 6.45) is 0.445. The molecule has 5 nitrogen and oxygen atoms in total. The Morgan fingerprint density at radius 1 is 1.38 bits per heavy atom. The van der Waals surface area contributed by atoms with Crippen LogP contribution in [0.5, 0.6) is 5.75 Å². The number of phenolic OH excluding ortho intramolecular Hbond substituents is 1. The molecule has 0 radical (unpaired) electrons. The monoisotopic (exact) mass is 218 g/mol. The highest BCUT2D eigenvalue weighted by Gasteiger charge is 2.10. The van der Waals surface area contributed by atoms with E-state index in [9.17, 15) is 4.79 Å². The van der Waals surface area contributed by atoms with Gasteiger partial charge in [-0.1, -0.05) is 17.3 Å². The Morgan fingerprint density at radius 3 is 2.62 bits per heavy atom. The van der Waals surface area contributed by atoms with Crippen molar-refractivity contribution < 1.29 is 14.4 Å². The standard InChI is InChI=1S/C11H10N2O3/c1-7(14)11-12-10(16-13-11)6-8-2-4-9(15)5-3-8/h2-5,15H,6H2,1H3. The van der Waals surface area contributed by atoms with Crippen LogP contribution < -0.4 is 0 Å². The molecular weight excluding hydrogens is 208 g/mol. The van der Waals surface area contributed by atoms with E-state index in [4.69, 9.17) is 9.63 Å². The molecule has 5 heteroatoms. The van der Waals surface area contributed by atoms with Crippen molar-refractivity contribution in [2.45, 2.75) is 13.3 Å². The number of rotatable bonds is 3. The molecule has 1 aromatic carbocycles. The van der Waals surface area contributed by atoms with E-state index in [-0.39, 0.29) is 17.4 Å². The number of nitrogens with zero attached hydrogens (tertiary/aromatic N) is 2. The molecule has 0 saturated carbocycles. The fourth-order valence-electron chi connectivity index (χ4n) is 1.26. The van der Waals surface area contributed by atoms with Crippen LogP contribution in [0.15, 0.2) is 28.8 Å². The quantitative estimate of drug-likeness (QED) is 0.791. The summed E-state index contributed by atoms with van der Waals surface area (Å²) in [5, 5.41) is 12.6. The van der Waals surface area contributed by atoms with Crippen LogP contribution in [0.1, 0.15) is 29.0 Å². The Bertz CT molecular complexity index is 502. The zero-order valence-electron chi connectivity index (χ0n) is 8.67. The molecule has 0 atom stereocenters. The first kappa shape index (κ1) is 10.4. The second-order valence-corrected chi connectivity index (χ2v) is 3.41. The fourth-order valence-corrected chi connectivity index (χ4v) is 1.26. The van der Waals surface area contributed by atoms with Gasteiger partial charge in [0.2, 0.25) is 17.5 Å². The molecule has 2 rings (SSSR count). The van der Waals surface area contributed by atoms with Crippen LogP contribution in [-0.4, -0.2) is 21.0 Å². The molecule has 0 saturated heterocycles. The Kier molecular flexibility index (Phi) is 2.68. The molecular formula is C11H10N2O3. The van der Waals surface area contributed by atoms with E-state index in [0.717, 1.165) is 5.56 Å². The molecule has 1 aromatic heterocycles. The number of aromatic hydroxyl groups is 1. The molecule has 0 amide bonds. The van der Waals surface area contributed by atoms with Gasteiger partial charge in [-0.15, -0.1) is 0 Å². The zero-order valence-corrected chi connectivity index (χ0v) is 8.67. The molecule has 82 valence electrons. The van der Waals surface area contributed by atoms with E-state index < -0.39 is 0 Å². The molecule has 16 heavy (non-hydrogen) atoms. The van der Waals surface area contributed by atoms with Crippen molar-refractivity contribution >= 4 is 5.78 Å². The van der Waals surface area contributed by atoms with E-state index >= 15 is 0 Å². The van der Waals surface area contributed by atoms with Crippen LogP contribution >= 0.6 is 0 Å². The summed E-state index contributed by atoms with van der Waals surface area (Å²) < 4.78 is 4.92. The SMILES string of the molecule is CC(=O)c1noc(Cc2ccc(O)cc2)n1. The summed E-state index contributed by atoms with van der Waals surface area (Å²) in [6, 6.07) is 6.68. The van der Waals surface area contributed by atoms with Gasteiger partial charge in [0.05, 0.1) is 6.42 Å². The highest BCUT2D eigenvalue weighted by molar-refractivity contribution is 5.89. The first-order valence-electron chi connectivity index (χ1n) is 4.76. The Morgan fingerprint density at radius 2 is 2.06 bits per heavy atom. The third-order valence-corrected chi connectivity index (χ3v) is 2.07. The van der Waals surface area contributed by atoms with E-state index in [1.165, 1.54) is 6.92 Å². The Labute approximate surface area is 91.7 Å². The van der Waals surface area contributed by atoms with Gasteiger partial charge in [0.15, 0.2) is 0 Å². The van der Waals surface area contributed by atoms with Crippen molar-refractivity contribution in [2.24, 2.45) is 0 Å². The van der Waals surface area contributed by atoms with Gasteiger partial charge < -0.3 is 9.63 Å². The fraction of sp³-hybridized carbons (Fsp3) is 0.182. The van der Waals surface area contributed by atoms with E-state index in [2.05, 4.69) is 10.1 Å². The van der Waals surface area contributed by atoms with E-state index in [0.29, 0.717) is 12.3 Å². The van der Waals surface area contributed by atoms with E-state index in [1.54, 1.807) is 24.3 Å². The molecule has 1 N–H and O–H groups in total. The zero-order chi connectivity index (χ0) is 11.5. The van der Waals surface area contributed by atoms with Gasteiger partial charge in [0.1, 0.15) is 5.75 Å². The van der Waals surface area contributed by atoms with E-state index in [1.807, 2.05) is 0 Å². The summed E-state index contributed by atoms with van der Waals surface area (Å²) in [5.74, 6) is 0.462. The lowest BCUT2D eigenvalue weighted by Crippen LogP contribution is -1.95. The summed E-state index contributed by atoms with van der Waals surface area (Å²) in [5.41, 5.74) is 0.927. The smallest absolute Gasteiger partial charge is 0.238 e. The lowest BCUT2D eigenvalue weighted by atomic mass is 10.1. The number of carbonyl (C=O) groups excluding carboxylic acids is 1. The molecule has 0 unspecified atom stereocenters. The molecule has 0 bridgehead atoms. The number of Topliss-reactive ketones (excluding diaryl/α,β-unsaturated/α-hetero) is 1. The maximum Gasteiger partial charge on any atom is 0.238 e. The molecule has 0 aliphatic rings. The minimum absolute atomic E-state index is 0.0915. The average molecular weight is 218 g/mol. The highest BCUT2D eigenvalue weighted by Crippen LogP contribution is 2.12. The predicted octanol–water partition coefficient (Wildman–Crippen LogP) is 1.57. The summed E-state index contributed by atoms with van der Waals surface area (Å²) in [7, 11) is 0. The third kappa shape index (κ3) is 2.25. The van der Waals surface area contributed by atoms with Crippen LogP contribution in [0.25, 0.3) is 0 Å². The van der Waals surface area contributed by atoms with Gasteiger partial charge >= 0.3 is 0 Å². The molecule has 0 fully saturated rings. The average Bonchev–Trinajstić information content (AvgIpc) is 2.70. The topological polar surface area (TPSA) is 76.2 Å². The second kappa shape index (κ2) is 4.14. The van der Waals surface area contributed by atoms with Gasteiger partial charge in [-0.25, -0.2) is 0 Å². The van der Waals surface area contributed by atoms with Crippen molar-refractivity contribution in [1.29, 1.82) is 0 Å². The van der Waals surface area contributed by atoms with Gasteiger partial charge in [0.25, 0.3) is 0 Å². The summed E-state index contributed by atoms with van der Waals surface area (Å²) in [6.45, 7) is 1.38. The third-order valence-electron chi connectivity index (χ3n) is 2.07. The number of hydrogen-bond donors (Lipinski definition) is 1. The maximum atomic E-state index is 10.9. The number of ketones is 1. The minimum Gasteiger partial charge on any atom is -0.508 e. The van der Waals surface area contributed by atoms with Crippen molar-refractivity contribution in [3.8, 4) is 5.75 Å². The molecule has 0 aliphatic heterocycles. The molecule has 0 aliphatic carbocycles. The number of hydrogen-bond acceptors (Lipinski definition) is 5. The number of carbonyl (C=O) groups is 1. The first-order chi connectivity index (χ1) is 7.65. The Balaban J connectivity index is 2.14. The minimum atomic E-state index is -0.222. The summed E-state index contributed by atoms with van der Waals surface area (Å²) in [4.78, 5) is 14.9. The van der Waals surface area contributed by atoms with Gasteiger partial charge in [0, 0.05) is 6.92 Å². The van der Waals surface area contributed by atoms with Crippen molar-refractivity contribution in [3.63, 3.8) is 0 Å². The lowest BCUT2D eigenvalue weighted by Gasteiger charge is -1.96. The highest BCUT2D eigenvalue weighted by atomic mass is 16.5. The van der Waals surface area contributed by atoms with Crippen molar-refractivity contribution in [2.75, 3.05) is 0 Å². The van der Waals surface area contributed by atoms with Crippen LogP contribution in [-0.2, 0) is 6.42 Å². The Hall–Kier alpha value is -2.17. The molecule has 0 spiro atoms. The van der Waals surface area contributed by atoms with Crippen LogP contribution in [0, 0.1) is 0 Å². The van der Waals surface area contributed by atoms with Crippen LogP contribution in [0.2, 0.25) is 0 Å². The number of benzene rings is 1. The predicted molar refractivity (Wildman–Crippen MR) is 55.2 cm³/mol. The van der Waals surface area contributed by atoms with Gasteiger partial charge in [-0.3, -0.25) is 4.79 Å². The second-order valence-electron chi connectivity index (χ2n) is 3.41. The van der Waals surface area contributed by atoms with Gasteiger partial charge in [-0.05, 0) is 17.7 Å². The molecule has 1 heterocycles. The van der Waals surface area contributed by atoms with Crippen molar-refractivity contribution in [3.05, 3.63) is 41.5 Å². The van der Waals surface area contributed by atoms with Crippen LogP contribution in [0.4, 0.5) is 0 Å². The number of aromatic nitrogens is 2. The summed E-state index contributed by atoms with van der Waals surface area (Å²) >= 11 is 0. The maximum absolute atomic E-state index is 10.9. The lowest BCUT2D eigenvalue weighted by molar-refractivity contribution is 0.100. The largest absolute Gasteiger partial charge is 0.508 e. The normalized spacial score (nSPS) is 10.3. The van der Waals surface area contributed by atoms with Crippen molar-refractivity contribution in [1.82, 2.24) is 10.1 Å². The first-order valence-corrected chi connectivity index (χ1v) is 4.76. The van der Waals surface area contributed by atoms with Crippen LogP contribution in [0.3, 0.4) is 0 Å². The van der Waals surface area contributed by atoms with Gasteiger partial charge in [-0.2, -0.15) is 4.98 Å².